The zero-order valence-corrected chi connectivity index (χ0v) is 93.3. The van der Waals surface area contributed by atoms with Gasteiger partial charge in [0.25, 0.3) is 0 Å². The lowest BCUT2D eigenvalue weighted by Gasteiger charge is -2.32. The van der Waals surface area contributed by atoms with Gasteiger partial charge in [0.1, 0.15) is 0 Å². The Labute approximate surface area is 887 Å². The van der Waals surface area contributed by atoms with Crippen LogP contribution in [0.2, 0.25) is 0 Å². The molecule has 13 fully saturated rings. The number of carbonyl (C=O) groups is 2. The Balaban J connectivity index is -0.000000738. The number of amides is 2. The van der Waals surface area contributed by atoms with Gasteiger partial charge in [0.15, 0.2) is 6.29 Å². The van der Waals surface area contributed by atoms with Crippen LogP contribution in [0.1, 0.15) is 227 Å². The van der Waals surface area contributed by atoms with E-state index in [1.54, 1.807) is 23.8 Å². The fourth-order valence-electron chi connectivity index (χ4n) is 15.6. The number of hydrogen-bond acceptors (Lipinski definition) is 37. The van der Waals surface area contributed by atoms with Crippen LogP contribution in [0.25, 0.3) is 0 Å². The van der Waals surface area contributed by atoms with E-state index in [1.807, 2.05) is 43.1 Å². The third kappa shape index (κ3) is 103. The maximum atomic E-state index is 10.8. The summed E-state index contributed by atoms with van der Waals surface area (Å²) in [5.74, 6) is 1.92. The van der Waals surface area contributed by atoms with Crippen LogP contribution in [0, 0.1) is 17.8 Å². The van der Waals surface area contributed by atoms with Gasteiger partial charge in [-0.3, -0.25) is 14.5 Å². The fourth-order valence-corrected chi connectivity index (χ4v) is 15.6. The van der Waals surface area contributed by atoms with Crippen LogP contribution in [0.4, 0.5) is 0 Å². The number of aliphatic hydroxyl groups excluding tert-OH is 18. The minimum atomic E-state index is -0.477. The van der Waals surface area contributed by atoms with Crippen LogP contribution < -0.4 is 5.32 Å². The Morgan fingerprint density at radius 1 is 0.429 bits per heavy atom. The summed E-state index contributed by atoms with van der Waals surface area (Å²) in [7, 11) is 7.92. The second kappa shape index (κ2) is 115. The smallest absolute Gasteiger partial charge is 0.222 e. The van der Waals surface area contributed by atoms with E-state index in [0.717, 1.165) is 272 Å². The van der Waals surface area contributed by atoms with Gasteiger partial charge in [-0.05, 0) is 212 Å². The second-order valence-corrected chi connectivity index (χ2v) is 38.3. The van der Waals surface area contributed by atoms with Gasteiger partial charge in [0.2, 0.25) is 11.8 Å². The number of allylic oxidation sites excluding steroid dienone is 1. The van der Waals surface area contributed by atoms with Crippen LogP contribution in [0.5, 0.6) is 0 Å². The zero-order chi connectivity index (χ0) is 110. The van der Waals surface area contributed by atoms with Crippen molar-refractivity contribution >= 4 is 11.8 Å². The summed E-state index contributed by atoms with van der Waals surface area (Å²) >= 11 is 0. The lowest BCUT2D eigenvalue weighted by molar-refractivity contribution is -0.131. The van der Waals surface area contributed by atoms with Crippen LogP contribution in [0.15, 0.2) is 36.8 Å². The lowest BCUT2D eigenvalue weighted by Crippen LogP contribution is -2.45. The van der Waals surface area contributed by atoms with Gasteiger partial charge < -0.3 is 183 Å². The van der Waals surface area contributed by atoms with E-state index in [4.69, 9.17) is 135 Å². The lowest BCUT2D eigenvalue weighted by atomic mass is 10.1. The molecule has 14 rings (SSSR count). The topological polar surface area (TPSA) is 533 Å². The van der Waals surface area contributed by atoms with E-state index in [-0.39, 0.29) is 115 Å². The number of likely N-dealkylation sites (tertiary alicyclic amines) is 3. The first-order valence-electron chi connectivity index (χ1n) is 55.6. The normalized spacial score (nSPS) is 21.9. The van der Waals surface area contributed by atoms with Crippen molar-refractivity contribution in [1.82, 2.24) is 49.1 Å². The Kier molecular flexibility index (Phi) is 117. The number of β-amino-alcohol motifs (C(OH)–C–C–N with tert-alkyl or cyclic N) is 3. The molecular formula is C107H222N10O30. The Bertz CT molecular complexity index is 2650. The minimum Gasteiger partial charge on any atom is -0.396 e. The molecule has 11 saturated heterocycles. The summed E-state index contributed by atoms with van der Waals surface area (Å²) in [4.78, 5) is 38.8. The maximum Gasteiger partial charge on any atom is 0.222 e. The number of likely N-dealkylation sites (N-methyl/N-ethyl adjacent to an activating group) is 3. The average Bonchev–Trinajstić information content (AvgIpc) is 1.79. The summed E-state index contributed by atoms with van der Waals surface area (Å²) in [6.07, 6.45) is 35.9. The Morgan fingerprint density at radius 2 is 0.878 bits per heavy atom. The van der Waals surface area contributed by atoms with Crippen molar-refractivity contribution in [1.29, 1.82) is 0 Å². The molecule has 0 bridgehead atoms. The van der Waals surface area contributed by atoms with Gasteiger partial charge in [-0.15, -0.1) is 0 Å². The fraction of sp³-hybridized carbons (Fsp3) is 0.925. The van der Waals surface area contributed by atoms with Crippen molar-refractivity contribution < 1.29 is 149 Å². The average molecular weight is 2130 g/mol. The third-order valence-electron chi connectivity index (χ3n) is 24.6. The molecule has 12 heterocycles. The molecule has 40 nitrogen and oxygen atoms in total. The maximum absolute atomic E-state index is 10.8. The summed E-state index contributed by atoms with van der Waals surface area (Å²) in [5, 5.41) is 157. The Hall–Kier alpha value is -3.60. The highest BCUT2D eigenvalue weighted by molar-refractivity contribution is 5.78. The minimum absolute atomic E-state index is 0.0463. The zero-order valence-electron chi connectivity index (χ0n) is 93.3. The van der Waals surface area contributed by atoms with E-state index < -0.39 is 6.29 Å². The molecule has 2 aliphatic carbocycles. The number of aromatic nitrogens is 1. The Morgan fingerprint density at radius 3 is 1.20 bits per heavy atom. The van der Waals surface area contributed by atoms with Gasteiger partial charge in [0, 0.05) is 228 Å². The predicted octanol–water partition coefficient (Wildman–Crippen LogP) is 3.74. The van der Waals surface area contributed by atoms with Crippen molar-refractivity contribution in [2.24, 2.45) is 17.8 Å². The summed E-state index contributed by atoms with van der Waals surface area (Å²) in [6.45, 7) is 47.2. The molecule has 880 valence electrons. The molecule has 7 atom stereocenters. The van der Waals surface area contributed by atoms with E-state index in [9.17, 15) is 9.59 Å². The number of methoxy groups -OCH3 is 1. The summed E-state index contributed by atoms with van der Waals surface area (Å²) in [5.41, 5.74) is 1.06. The highest BCUT2D eigenvalue weighted by Gasteiger charge is 2.23. The SMILES string of the molecule is C=C1CC(CO)CN1.CC(=O)N1CCC(O)CC1.CCCN(C)CCO.CCCOCCO.CCCOCCOCCO.CN1CCN(CCCO)CC1.CN1CCN(CCO)CC1.COCCOCCO.C[C@@H]1COC(O)C1.O=C1CCCN1CCO.OC1CCCC1.OC1CCCOC1.OCC1CCCC1.OCC1CCCCO1.OCC1CCCO1.OCC1CCCO1.OCCN1CCCCC1.OCCn1cccc1. The van der Waals surface area contributed by atoms with Gasteiger partial charge in [-0.25, -0.2) is 0 Å². The first-order valence-corrected chi connectivity index (χ1v) is 55.6. The molecule has 13 aliphatic rings. The van der Waals surface area contributed by atoms with Crippen LogP contribution >= 0.6 is 0 Å². The van der Waals surface area contributed by atoms with E-state index in [2.05, 4.69) is 80.9 Å². The number of piperidine rings is 2. The van der Waals surface area contributed by atoms with Crippen LogP contribution in [-0.2, 0) is 63.5 Å². The van der Waals surface area contributed by atoms with Gasteiger partial charge in [0.05, 0.1) is 169 Å². The molecule has 0 aromatic carbocycles. The monoisotopic (exact) mass is 2130 g/mol. The second-order valence-electron chi connectivity index (χ2n) is 38.3. The number of piperazine rings is 2. The highest BCUT2D eigenvalue weighted by atomic mass is 16.6. The summed E-state index contributed by atoms with van der Waals surface area (Å²) < 4.78 is 51.5. The van der Waals surface area contributed by atoms with E-state index >= 15 is 0 Å². The molecule has 1 aromatic heterocycles. The molecule has 147 heavy (non-hydrogen) atoms. The third-order valence-corrected chi connectivity index (χ3v) is 24.6. The molecule has 40 heteroatoms. The molecule has 0 radical (unpaired) electrons. The highest BCUT2D eigenvalue weighted by Crippen LogP contribution is 2.24. The first-order chi connectivity index (χ1) is 71.2. The standard InChI is InChI=1S/C8H18N2O.C7H16N2O.C7H13NO2.C7H15NO.C7H16O3.C6H11NO2.C6H11NO.C6H9NO.C6H15NO.C6H12O2.C6H12O.C5H12O3.4C5H10O2.C5H12O2.C5H10O/c1-9-4-6-10(7-5-9)3-2-8-11;1-8-2-4-9(5-3-8)6-7-10;1-6(9)8-4-2-7(10)3-5-8;9-7-6-8-4-2-1-3-5-8;1-2-4-9-6-7-10-5-3-8;8-5-4-7-3-1-2-6(7)9;1-5-2-6(4-8)3-7-5;8-6-5-7-3-1-2-4-7;1-3-4-7(2)5-6-8;7-5-6-3-1-2-4-8-6;7-5-6-3-1-2-4-6;1-7-4-5-8-3-2-6;1-4-2-5(6)7-3-4;6-5-2-1-3-7-4-5;2*6-4-5-2-1-3-7-5;1-2-4-7-5-3-6;6-5-3-1-2-4-5/h11H,2-8H2,1H3;10H,2-7H2,1H3;7,10H,2-5H2,1H3;9H,1-7H2;8H,2-7H2,1H3;8H,1-5H2;6-8H,1-4H2;1-4,8H,5-6H2;8H,3-6H2,1-2H3;6-7H,1-5H2;6-7H,1-5H2;6H,2-5H2,1H3;4-6H,2-3H2,1H3;3*5-6H,1-4H2;6H,2-5H2,1H3;5-6H,1-4H2/t;;;;;;;;;;;;4-,5?;;;;;/m............0...../s1. The van der Waals surface area contributed by atoms with Crippen molar-refractivity contribution in [2.45, 2.75) is 277 Å². The summed E-state index contributed by atoms with van der Waals surface area (Å²) in [6, 6.07) is 3.88. The molecule has 11 aliphatic heterocycles. The molecule has 1 aromatic rings. The predicted molar refractivity (Wildman–Crippen MR) is 578 cm³/mol. The van der Waals surface area contributed by atoms with E-state index in [0.29, 0.717) is 117 Å². The van der Waals surface area contributed by atoms with Crippen molar-refractivity contribution in [3.05, 3.63) is 36.8 Å². The quantitative estimate of drug-likeness (QED) is 0.0425. The molecule has 0 spiro atoms. The number of ether oxygens (including phenoxy) is 10. The molecule has 6 unspecified atom stereocenters. The molecule has 19 N–H and O–H groups in total. The number of rotatable bonds is 36. The van der Waals surface area contributed by atoms with E-state index in [1.165, 1.54) is 90.4 Å². The largest absolute Gasteiger partial charge is 0.396 e. The first kappa shape index (κ1) is 150. The molecule has 2 amide bonds. The van der Waals surface area contributed by atoms with Gasteiger partial charge >= 0.3 is 0 Å². The van der Waals surface area contributed by atoms with Crippen molar-refractivity contribution in [3.8, 4) is 0 Å². The van der Waals surface area contributed by atoms with Crippen LogP contribution in [0.3, 0.4) is 0 Å². The number of aliphatic hydroxyl groups is 18. The molecular weight excluding hydrogens is 1910 g/mol. The number of nitrogens with zero attached hydrogens (tertiary/aromatic N) is 9. The van der Waals surface area contributed by atoms with Gasteiger partial charge in [-0.2, -0.15) is 0 Å². The van der Waals surface area contributed by atoms with Crippen molar-refractivity contribution in [2.75, 3.05) is 351 Å². The van der Waals surface area contributed by atoms with Crippen LogP contribution in [-0.4, -0.2) is 541 Å². The molecule has 2 saturated carbocycles. The van der Waals surface area contributed by atoms with Gasteiger partial charge in [-0.1, -0.05) is 66.4 Å². The number of nitrogens with one attached hydrogen (secondary N) is 1. The van der Waals surface area contributed by atoms with Crippen molar-refractivity contribution in [3.63, 3.8) is 0 Å². The number of carbonyl (C=O) groups excluding carboxylic acids is 2. The number of hydrogen-bond donors (Lipinski definition) is 19.